The second-order valence-electron chi connectivity index (χ2n) is 6.56. The SMILES string of the molecule is CC(=O)Oc1ccc(C=CC(=O)Nc2ccc(OC(C)=O)c(OC(C)=O)c2)cc1OC(C)=O. The molecule has 172 valence electrons. The lowest BCUT2D eigenvalue weighted by Crippen LogP contribution is -2.10. The van der Waals surface area contributed by atoms with Crippen molar-refractivity contribution in [2.24, 2.45) is 0 Å². The van der Waals surface area contributed by atoms with Gasteiger partial charge in [0, 0.05) is 45.5 Å². The average molecular weight is 455 g/mol. The van der Waals surface area contributed by atoms with E-state index in [9.17, 15) is 24.0 Å². The summed E-state index contributed by atoms with van der Waals surface area (Å²) >= 11 is 0. The van der Waals surface area contributed by atoms with Gasteiger partial charge in [0.2, 0.25) is 5.91 Å². The lowest BCUT2D eigenvalue weighted by molar-refractivity contribution is -0.134. The Hall–Kier alpha value is -4.47. The first-order chi connectivity index (χ1) is 15.5. The van der Waals surface area contributed by atoms with Crippen LogP contribution in [0.1, 0.15) is 33.3 Å². The molecule has 2 aromatic rings. The van der Waals surface area contributed by atoms with Crippen molar-refractivity contribution >= 4 is 41.5 Å². The minimum absolute atomic E-state index is 0.0207. The highest BCUT2D eigenvalue weighted by Gasteiger charge is 2.13. The van der Waals surface area contributed by atoms with Gasteiger partial charge in [-0.25, -0.2) is 0 Å². The number of nitrogens with one attached hydrogen (secondary N) is 1. The maximum atomic E-state index is 12.3. The lowest BCUT2D eigenvalue weighted by atomic mass is 10.2. The van der Waals surface area contributed by atoms with Crippen molar-refractivity contribution in [2.45, 2.75) is 27.7 Å². The highest BCUT2D eigenvalue weighted by molar-refractivity contribution is 6.02. The summed E-state index contributed by atoms with van der Waals surface area (Å²) in [5, 5.41) is 2.58. The molecule has 0 aromatic heterocycles. The van der Waals surface area contributed by atoms with Crippen molar-refractivity contribution in [1.82, 2.24) is 0 Å². The Morgan fingerprint density at radius 3 is 1.61 bits per heavy atom. The molecule has 1 amide bonds. The van der Waals surface area contributed by atoms with Crippen LogP contribution in [0.15, 0.2) is 42.5 Å². The van der Waals surface area contributed by atoms with E-state index in [1.165, 1.54) is 70.2 Å². The van der Waals surface area contributed by atoms with E-state index < -0.39 is 29.8 Å². The summed E-state index contributed by atoms with van der Waals surface area (Å²) in [7, 11) is 0. The number of carbonyl (C=O) groups excluding carboxylic acids is 5. The molecule has 0 spiro atoms. The molecule has 0 aliphatic carbocycles. The van der Waals surface area contributed by atoms with Crippen molar-refractivity contribution in [3.8, 4) is 23.0 Å². The molecule has 2 rings (SSSR count). The molecule has 0 saturated carbocycles. The van der Waals surface area contributed by atoms with Crippen LogP contribution in [0.25, 0.3) is 6.08 Å². The molecule has 0 aliphatic rings. The monoisotopic (exact) mass is 455 g/mol. The topological polar surface area (TPSA) is 134 Å². The zero-order valence-electron chi connectivity index (χ0n) is 18.3. The van der Waals surface area contributed by atoms with Gasteiger partial charge in [-0.15, -0.1) is 0 Å². The van der Waals surface area contributed by atoms with Gasteiger partial charge in [-0.05, 0) is 35.9 Å². The summed E-state index contributed by atoms with van der Waals surface area (Å²) < 4.78 is 20.0. The number of hydrogen-bond donors (Lipinski definition) is 1. The second kappa shape index (κ2) is 11.2. The fourth-order valence-corrected chi connectivity index (χ4v) is 2.52. The highest BCUT2D eigenvalue weighted by atomic mass is 16.6. The van der Waals surface area contributed by atoms with Gasteiger partial charge in [-0.1, -0.05) is 6.07 Å². The van der Waals surface area contributed by atoms with E-state index in [1.54, 1.807) is 6.07 Å². The van der Waals surface area contributed by atoms with Crippen LogP contribution in [0.2, 0.25) is 0 Å². The second-order valence-corrected chi connectivity index (χ2v) is 6.56. The summed E-state index contributed by atoms with van der Waals surface area (Å²) in [6, 6.07) is 8.58. The van der Waals surface area contributed by atoms with Crippen molar-refractivity contribution in [2.75, 3.05) is 5.32 Å². The van der Waals surface area contributed by atoms with E-state index in [0.29, 0.717) is 5.56 Å². The minimum atomic E-state index is -0.632. The number of benzene rings is 2. The van der Waals surface area contributed by atoms with Gasteiger partial charge in [0.05, 0.1) is 0 Å². The predicted octanol–water partition coefficient (Wildman–Crippen LogP) is 3.04. The van der Waals surface area contributed by atoms with Crippen LogP contribution in [0, 0.1) is 0 Å². The maximum absolute atomic E-state index is 12.3. The van der Waals surface area contributed by atoms with Crippen molar-refractivity contribution in [1.29, 1.82) is 0 Å². The third-order valence-electron chi connectivity index (χ3n) is 3.62. The first-order valence-electron chi connectivity index (χ1n) is 9.54. The number of ether oxygens (including phenoxy) is 4. The lowest BCUT2D eigenvalue weighted by Gasteiger charge is -2.11. The van der Waals surface area contributed by atoms with E-state index in [2.05, 4.69) is 5.32 Å². The number of amides is 1. The van der Waals surface area contributed by atoms with Crippen LogP contribution in [0.5, 0.6) is 23.0 Å². The fourth-order valence-electron chi connectivity index (χ4n) is 2.52. The standard InChI is InChI=1S/C23H21NO9/c1-13(25)30-19-8-5-17(11-21(19)32-15(3)27)6-10-23(29)24-18-7-9-20(31-14(2)26)22(12-18)33-16(4)28/h5-12H,1-4H3,(H,24,29). The Kier molecular flexibility index (Phi) is 8.44. The fraction of sp³-hybridized carbons (Fsp3) is 0.174. The molecule has 0 saturated heterocycles. The van der Waals surface area contributed by atoms with Crippen LogP contribution in [0.4, 0.5) is 5.69 Å². The predicted molar refractivity (Wildman–Crippen MR) is 116 cm³/mol. The molecule has 1 N–H and O–H groups in total. The largest absolute Gasteiger partial charge is 0.423 e. The van der Waals surface area contributed by atoms with Gasteiger partial charge in [0.25, 0.3) is 0 Å². The van der Waals surface area contributed by atoms with E-state index in [4.69, 9.17) is 18.9 Å². The third kappa shape index (κ3) is 8.29. The molecule has 0 fully saturated rings. The molecule has 2 aromatic carbocycles. The first-order valence-corrected chi connectivity index (χ1v) is 9.54. The van der Waals surface area contributed by atoms with Gasteiger partial charge in [-0.2, -0.15) is 0 Å². The van der Waals surface area contributed by atoms with Gasteiger partial charge in [0.15, 0.2) is 23.0 Å². The minimum Gasteiger partial charge on any atom is -0.423 e. The molecular formula is C23H21NO9. The van der Waals surface area contributed by atoms with Crippen LogP contribution in [-0.2, 0) is 24.0 Å². The van der Waals surface area contributed by atoms with Crippen LogP contribution < -0.4 is 24.3 Å². The molecule has 0 unspecified atom stereocenters. The van der Waals surface area contributed by atoms with Gasteiger partial charge >= 0.3 is 23.9 Å². The van der Waals surface area contributed by atoms with Gasteiger partial charge in [0.1, 0.15) is 0 Å². The zero-order valence-corrected chi connectivity index (χ0v) is 18.3. The van der Waals surface area contributed by atoms with Gasteiger partial charge in [-0.3, -0.25) is 24.0 Å². The number of esters is 4. The highest BCUT2D eigenvalue weighted by Crippen LogP contribution is 2.31. The Balaban J connectivity index is 2.18. The van der Waals surface area contributed by atoms with Crippen LogP contribution in [0.3, 0.4) is 0 Å². The molecule has 0 bridgehead atoms. The van der Waals surface area contributed by atoms with Crippen molar-refractivity contribution in [3.63, 3.8) is 0 Å². The molecular weight excluding hydrogens is 434 g/mol. The molecule has 0 heterocycles. The zero-order chi connectivity index (χ0) is 24.5. The molecule has 10 nitrogen and oxygen atoms in total. The van der Waals surface area contributed by atoms with Crippen molar-refractivity contribution in [3.05, 3.63) is 48.0 Å². The smallest absolute Gasteiger partial charge is 0.308 e. The number of anilines is 1. The van der Waals surface area contributed by atoms with Gasteiger partial charge < -0.3 is 24.3 Å². The van der Waals surface area contributed by atoms with E-state index in [0.717, 1.165) is 0 Å². The molecule has 33 heavy (non-hydrogen) atoms. The number of rotatable bonds is 7. The van der Waals surface area contributed by atoms with Crippen molar-refractivity contribution < 1.29 is 42.9 Å². The third-order valence-corrected chi connectivity index (χ3v) is 3.62. The van der Waals surface area contributed by atoms with E-state index in [-0.39, 0.29) is 28.7 Å². The normalized spacial score (nSPS) is 10.3. The van der Waals surface area contributed by atoms with E-state index in [1.807, 2.05) is 0 Å². The average Bonchev–Trinajstić information content (AvgIpc) is 2.68. The summed E-state index contributed by atoms with van der Waals surface area (Å²) in [4.78, 5) is 57.3. The quantitative estimate of drug-likeness (QED) is 0.380. The molecule has 0 aliphatic heterocycles. The molecule has 0 radical (unpaired) electrons. The van der Waals surface area contributed by atoms with Crippen LogP contribution >= 0.6 is 0 Å². The Morgan fingerprint density at radius 1 is 0.636 bits per heavy atom. The Labute approximate surface area is 189 Å². The van der Waals surface area contributed by atoms with Crippen LogP contribution in [-0.4, -0.2) is 29.8 Å². The number of hydrogen-bond acceptors (Lipinski definition) is 9. The summed E-state index contributed by atoms with van der Waals surface area (Å²) in [6.07, 6.45) is 2.66. The summed E-state index contributed by atoms with van der Waals surface area (Å²) in [5.41, 5.74) is 0.769. The summed E-state index contributed by atoms with van der Waals surface area (Å²) in [6.45, 7) is 4.79. The molecule has 10 heteroatoms. The first kappa shape index (κ1) is 24.8. The Morgan fingerprint density at radius 2 is 1.09 bits per heavy atom. The maximum Gasteiger partial charge on any atom is 0.308 e. The summed E-state index contributed by atoms with van der Waals surface area (Å²) in [5.74, 6) is -2.88. The number of carbonyl (C=O) groups is 5. The van der Waals surface area contributed by atoms with E-state index >= 15 is 0 Å². The molecule has 0 atom stereocenters. The Bertz CT molecular complexity index is 1130.